The van der Waals surface area contributed by atoms with Crippen LogP contribution in [0.2, 0.25) is 10.0 Å². The number of para-hydroxylation sites is 1. The van der Waals surface area contributed by atoms with Crippen LogP contribution in [0.1, 0.15) is 46.1 Å². The highest BCUT2D eigenvalue weighted by molar-refractivity contribution is 6.38. The maximum atomic E-state index is 7.28. The summed E-state index contributed by atoms with van der Waals surface area (Å²) in [6.45, 7) is 11.8. The van der Waals surface area contributed by atoms with Gasteiger partial charge in [-0.15, -0.1) is 0 Å². The van der Waals surface area contributed by atoms with E-state index in [1.165, 1.54) is 5.56 Å². The first-order valence-electron chi connectivity index (χ1n) is 15.6. The largest absolute Gasteiger partial charge is 0.487 e. The third-order valence-electron chi connectivity index (χ3n) is 7.99. The van der Waals surface area contributed by atoms with E-state index in [1.54, 1.807) is 0 Å². The van der Waals surface area contributed by atoms with E-state index in [0.717, 1.165) is 46.6 Å². The van der Waals surface area contributed by atoms with Gasteiger partial charge in [-0.2, -0.15) is 0 Å². The van der Waals surface area contributed by atoms with Crippen LogP contribution in [0.3, 0.4) is 0 Å². The number of ether oxygens (including phenoxy) is 1. The highest BCUT2D eigenvalue weighted by atomic mass is 35.5. The number of benzene rings is 4. The number of aryl methyl sites for hydroxylation is 1. The molecular weight excluding hydrogens is 595 g/mol. The smallest absolute Gasteiger partial charge is 0.135 e. The third kappa shape index (κ3) is 8.69. The van der Waals surface area contributed by atoms with Crippen LogP contribution >= 0.6 is 23.2 Å². The van der Waals surface area contributed by atoms with Crippen LogP contribution < -0.4 is 4.74 Å². The van der Waals surface area contributed by atoms with Crippen molar-refractivity contribution in [1.82, 2.24) is 4.57 Å². The molecule has 5 rings (SSSR count). The van der Waals surface area contributed by atoms with Crippen molar-refractivity contribution in [1.29, 1.82) is 0 Å². The van der Waals surface area contributed by atoms with Gasteiger partial charge in [-0.25, -0.2) is 0 Å². The van der Waals surface area contributed by atoms with Gasteiger partial charge in [0.1, 0.15) is 17.5 Å². The van der Waals surface area contributed by atoms with E-state index in [2.05, 4.69) is 137 Å². The van der Waals surface area contributed by atoms with Gasteiger partial charge in [0.05, 0.1) is 16.6 Å². The Hall–Kier alpha value is -3.79. The second kappa shape index (κ2) is 14.5. The summed E-state index contributed by atoms with van der Waals surface area (Å²) in [5, 5.41) is 1.10. The minimum Gasteiger partial charge on any atom is -0.487 e. The molecule has 45 heavy (non-hydrogen) atoms. The topological polar surface area (TPSA) is 26.5 Å². The van der Waals surface area contributed by atoms with Gasteiger partial charge in [0.25, 0.3) is 0 Å². The quantitative estimate of drug-likeness (QED) is 0.132. The average Bonchev–Trinajstić information content (AvgIpc) is 3.52. The number of rotatable bonds is 11. The molecule has 232 valence electrons. The van der Waals surface area contributed by atoms with E-state index in [0.29, 0.717) is 22.3 Å². The molecule has 0 bridgehead atoms. The monoisotopic (exact) mass is 636 g/mol. The summed E-state index contributed by atoms with van der Waals surface area (Å²) in [5.74, 6) is 1.03. The summed E-state index contributed by atoms with van der Waals surface area (Å²) in [6, 6.07) is 35.2. The van der Waals surface area contributed by atoms with Crippen molar-refractivity contribution in [2.75, 3.05) is 0 Å². The molecule has 0 N–H and O–H groups in total. The zero-order chi connectivity index (χ0) is 32.0. The summed E-state index contributed by atoms with van der Waals surface area (Å²) < 4.78 is 9.48. The fourth-order valence-corrected chi connectivity index (χ4v) is 6.42. The Balaban J connectivity index is 1.61. The molecule has 4 aromatic carbocycles. The van der Waals surface area contributed by atoms with Crippen molar-refractivity contribution in [2.24, 2.45) is 16.3 Å². The molecule has 0 amide bonds. The fourth-order valence-electron chi connectivity index (χ4n) is 5.94. The van der Waals surface area contributed by atoms with Crippen molar-refractivity contribution < 1.29 is 4.74 Å². The molecule has 1 heterocycles. The predicted molar refractivity (Wildman–Crippen MR) is 192 cm³/mol. The Morgan fingerprint density at radius 3 is 1.82 bits per heavy atom. The Labute approximate surface area is 278 Å². The van der Waals surface area contributed by atoms with Gasteiger partial charge in [-0.1, -0.05) is 111 Å². The van der Waals surface area contributed by atoms with Crippen LogP contribution in [-0.4, -0.2) is 16.4 Å². The Kier molecular flexibility index (Phi) is 10.5. The van der Waals surface area contributed by atoms with Gasteiger partial charge in [0.15, 0.2) is 0 Å². The third-order valence-corrected chi connectivity index (χ3v) is 8.60. The van der Waals surface area contributed by atoms with E-state index in [-0.39, 0.29) is 17.4 Å². The number of hydrogen-bond acceptors (Lipinski definition) is 2. The van der Waals surface area contributed by atoms with Crippen LogP contribution in [0.25, 0.3) is 22.3 Å². The second-order valence-corrected chi connectivity index (χ2v) is 13.9. The van der Waals surface area contributed by atoms with E-state index in [4.69, 9.17) is 32.9 Å². The summed E-state index contributed by atoms with van der Waals surface area (Å²) >= 11 is 13.1. The van der Waals surface area contributed by atoms with Crippen molar-refractivity contribution in [3.63, 3.8) is 0 Å². The molecule has 0 fully saturated rings. The normalized spacial score (nSPS) is 13.4. The van der Waals surface area contributed by atoms with Gasteiger partial charge in [-0.05, 0) is 85.2 Å². The van der Waals surface area contributed by atoms with Crippen molar-refractivity contribution >= 4 is 34.6 Å². The second-order valence-electron chi connectivity index (χ2n) is 13.1. The molecule has 0 aliphatic heterocycles. The minimum atomic E-state index is -0.149. The lowest BCUT2D eigenvalue weighted by Crippen LogP contribution is -2.30. The van der Waals surface area contributed by atoms with Gasteiger partial charge in [0.2, 0.25) is 0 Å². The maximum absolute atomic E-state index is 7.28. The first-order valence-corrected chi connectivity index (χ1v) is 16.3. The molecule has 0 aliphatic carbocycles. The number of hydrogen-bond donors (Lipinski definition) is 0. The van der Waals surface area contributed by atoms with Crippen LogP contribution in [0.5, 0.6) is 5.75 Å². The Morgan fingerprint density at radius 2 is 1.31 bits per heavy atom. The molecule has 1 aromatic heterocycles. The molecule has 0 aliphatic rings. The highest BCUT2D eigenvalue weighted by Gasteiger charge is 2.28. The molecular formula is C40H42Cl2N2O. The molecule has 2 atom stereocenters. The molecule has 0 saturated carbocycles. The van der Waals surface area contributed by atoms with Crippen molar-refractivity contribution in [3.05, 3.63) is 131 Å². The number of aromatic nitrogens is 1. The Bertz CT molecular complexity index is 1640. The van der Waals surface area contributed by atoms with Gasteiger partial charge in [0, 0.05) is 35.2 Å². The summed E-state index contributed by atoms with van der Waals surface area (Å²) in [4.78, 5) is 5.03. The van der Waals surface area contributed by atoms with Crippen LogP contribution in [0.15, 0.2) is 121 Å². The molecule has 5 heteroatoms. The predicted octanol–water partition coefficient (Wildman–Crippen LogP) is 12.1. The summed E-state index contributed by atoms with van der Waals surface area (Å²) in [6.07, 6.45) is 5.75. The number of nitrogens with zero attached hydrogens (tertiary/aromatic N) is 2. The zero-order valence-electron chi connectivity index (χ0n) is 26.8. The molecule has 5 aromatic rings. The molecule has 2 unspecified atom stereocenters. The van der Waals surface area contributed by atoms with Crippen LogP contribution in [-0.2, 0) is 6.54 Å². The first kappa shape index (κ1) is 32.6. The standard InChI is InChI=1S/C40H42Cl2N2O/c1-28-23-34(30-15-8-6-9-16-30)39(35(24-28)31-17-10-7-11-18-31)45-33(27-44-21-12-13-22-44)25-32(26-40(3,4)5)29(2)43-38-36(41)19-14-20-37(38)42/h6-24,32-33H,25-27H2,1-5H3. The molecule has 3 nitrogen and oxygen atoms in total. The van der Waals surface area contributed by atoms with Gasteiger partial charge in [-0.3, -0.25) is 4.99 Å². The highest BCUT2D eigenvalue weighted by Crippen LogP contribution is 2.42. The molecule has 0 saturated heterocycles. The molecule has 0 radical (unpaired) electrons. The Morgan fingerprint density at radius 1 is 0.778 bits per heavy atom. The van der Waals surface area contributed by atoms with Gasteiger partial charge < -0.3 is 9.30 Å². The summed E-state index contributed by atoms with van der Waals surface area (Å²) in [7, 11) is 0. The lowest BCUT2D eigenvalue weighted by Gasteiger charge is -2.31. The number of aliphatic imine (C=N–C) groups is 1. The van der Waals surface area contributed by atoms with Crippen molar-refractivity contribution in [2.45, 2.75) is 60.1 Å². The van der Waals surface area contributed by atoms with E-state index >= 15 is 0 Å². The minimum absolute atomic E-state index is 0.0674. The van der Waals surface area contributed by atoms with Crippen molar-refractivity contribution in [3.8, 4) is 28.0 Å². The van der Waals surface area contributed by atoms with Gasteiger partial charge >= 0.3 is 0 Å². The zero-order valence-corrected chi connectivity index (χ0v) is 28.3. The fraction of sp³-hybridized carbons (Fsp3) is 0.275. The number of halogens is 2. The average molecular weight is 638 g/mol. The lowest BCUT2D eigenvalue weighted by atomic mass is 9.80. The van der Waals surface area contributed by atoms with E-state index in [9.17, 15) is 0 Å². The summed E-state index contributed by atoms with van der Waals surface area (Å²) in [5.41, 5.74) is 7.31. The SMILES string of the molecule is CC(=Nc1c(Cl)cccc1Cl)C(CC(Cn1cccc1)Oc1c(-c2ccccc2)cc(C)cc1-c1ccccc1)CC(C)(C)C. The lowest BCUT2D eigenvalue weighted by molar-refractivity contribution is 0.150. The van der Waals surface area contributed by atoms with E-state index < -0.39 is 0 Å². The van der Waals surface area contributed by atoms with Crippen LogP contribution in [0, 0.1) is 18.3 Å². The molecule has 0 spiro atoms. The first-order chi connectivity index (χ1) is 21.6. The maximum Gasteiger partial charge on any atom is 0.135 e. The van der Waals surface area contributed by atoms with E-state index in [1.807, 2.05) is 18.2 Å². The van der Waals surface area contributed by atoms with Crippen LogP contribution in [0.4, 0.5) is 5.69 Å².